The lowest BCUT2D eigenvalue weighted by Crippen LogP contribution is -2.47. The maximum absolute atomic E-state index is 6.80. The Kier molecular flexibility index (Phi) is 5.93. The molecule has 2 aliphatic rings. The van der Waals surface area contributed by atoms with Gasteiger partial charge in [0, 0.05) is 18.0 Å². The first-order valence-electron chi connectivity index (χ1n) is 11.7. The predicted molar refractivity (Wildman–Crippen MR) is 127 cm³/mol. The van der Waals surface area contributed by atoms with Crippen molar-refractivity contribution in [2.24, 2.45) is 5.92 Å². The third kappa shape index (κ3) is 4.20. The molecule has 0 aliphatic carbocycles. The number of ether oxygens (including phenoxy) is 1. The second-order valence-corrected chi connectivity index (χ2v) is 9.42. The summed E-state index contributed by atoms with van der Waals surface area (Å²) in [6.45, 7) is 2.96. The van der Waals surface area contributed by atoms with Crippen molar-refractivity contribution >= 4 is 0 Å². The molecule has 4 atom stereocenters. The van der Waals surface area contributed by atoms with Crippen LogP contribution >= 0.6 is 0 Å². The third-order valence-corrected chi connectivity index (χ3v) is 7.60. The fourth-order valence-corrected chi connectivity index (χ4v) is 5.85. The highest BCUT2D eigenvalue weighted by molar-refractivity contribution is 5.30. The average Bonchev–Trinajstić information content (AvgIpc) is 3.05. The highest BCUT2D eigenvalue weighted by Crippen LogP contribution is 2.47. The zero-order valence-corrected chi connectivity index (χ0v) is 18.7. The van der Waals surface area contributed by atoms with Gasteiger partial charge in [-0.05, 0) is 55.8 Å². The van der Waals surface area contributed by atoms with E-state index < -0.39 is 0 Å². The van der Waals surface area contributed by atoms with Crippen LogP contribution in [0, 0.1) is 12.8 Å². The number of hydrogen-bond donors (Lipinski definition) is 0. The van der Waals surface area contributed by atoms with Gasteiger partial charge in [0.2, 0.25) is 0 Å². The van der Waals surface area contributed by atoms with Crippen molar-refractivity contribution in [2.45, 2.75) is 50.3 Å². The van der Waals surface area contributed by atoms with E-state index in [0.717, 1.165) is 6.61 Å². The van der Waals surface area contributed by atoms with Crippen LogP contribution in [0.1, 0.15) is 53.5 Å². The van der Waals surface area contributed by atoms with Crippen molar-refractivity contribution in [3.8, 4) is 0 Å². The summed E-state index contributed by atoms with van der Waals surface area (Å²) in [5.41, 5.74) is 5.28. The van der Waals surface area contributed by atoms with Crippen molar-refractivity contribution in [3.63, 3.8) is 0 Å². The molecule has 3 aromatic rings. The number of fused-ring (bicyclic) bond motifs is 2. The van der Waals surface area contributed by atoms with Gasteiger partial charge in [0.25, 0.3) is 0 Å². The van der Waals surface area contributed by atoms with E-state index in [1.54, 1.807) is 0 Å². The summed E-state index contributed by atoms with van der Waals surface area (Å²) in [5.74, 6) is 1.09. The molecule has 0 N–H and O–H groups in total. The van der Waals surface area contributed by atoms with Crippen LogP contribution in [0.4, 0.5) is 0 Å². The zero-order chi connectivity index (χ0) is 21.2. The Morgan fingerprint density at radius 1 is 0.839 bits per heavy atom. The normalized spacial score (nSPS) is 25.8. The molecule has 0 saturated carbocycles. The number of benzene rings is 3. The molecule has 160 valence electrons. The zero-order valence-electron chi connectivity index (χ0n) is 18.7. The van der Waals surface area contributed by atoms with Crippen LogP contribution in [0.5, 0.6) is 0 Å². The molecule has 3 unspecified atom stereocenters. The van der Waals surface area contributed by atoms with Crippen LogP contribution in [0.15, 0.2) is 84.9 Å². The van der Waals surface area contributed by atoms with Crippen molar-refractivity contribution in [1.29, 1.82) is 0 Å². The molecular formula is C29H33NO. The van der Waals surface area contributed by atoms with Crippen LogP contribution in [0.2, 0.25) is 0 Å². The molecule has 0 aromatic heterocycles. The van der Waals surface area contributed by atoms with E-state index in [2.05, 4.69) is 104 Å². The highest BCUT2D eigenvalue weighted by atomic mass is 16.5. The number of aryl methyl sites for hydroxylation is 1. The van der Waals surface area contributed by atoms with Gasteiger partial charge in [-0.25, -0.2) is 0 Å². The SMILES string of the molecule is Cc1ccc(C2CC3CCC([C@@H]2COC(c2ccccc2)c2ccccc2)N3C)cc1. The van der Waals surface area contributed by atoms with Crippen LogP contribution in [0.3, 0.4) is 0 Å². The van der Waals surface area contributed by atoms with Crippen LogP contribution in [-0.2, 0) is 4.74 Å². The van der Waals surface area contributed by atoms with Crippen molar-refractivity contribution in [3.05, 3.63) is 107 Å². The van der Waals surface area contributed by atoms with E-state index in [4.69, 9.17) is 4.74 Å². The Morgan fingerprint density at radius 2 is 1.45 bits per heavy atom. The average molecular weight is 412 g/mol. The highest BCUT2D eigenvalue weighted by Gasteiger charge is 2.46. The third-order valence-electron chi connectivity index (χ3n) is 7.60. The van der Waals surface area contributed by atoms with Gasteiger partial charge in [0.05, 0.1) is 6.61 Å². The fraction of sp³-hybridized carbons (Fsp3) is 0.379. The molecule has 0 spiro atoms. The quantitative estimate of drug-likeness (QED) is 0.467. The van der Waals surface area contributed by atoms with E-state index in [-0.39, 0.29) is 6.10 Å². The molecule has 2 heterocycles. The molecule has 2 saturated heterocycles. The van der Waals surface area contributed by atoms with Crippen LogP contribution in [0.25, 0.3) is 0 Å². The lowest BCUT2D eigenvalue weighted by atomic mass is 9.76. The molecule has 2 heteroatoms. The maximum atomic E-state index is 6.80. The summed E-state index contributed by atoms with van der Waals surface area (Å²) in [5, 5.41) is 0. The van der Waals surface area contributed by atoms with Gasteiger partial charge in [-0.15, -0.1) is 0 Å². The Labute approximate surface area is 186 Å². The Morgan fingerprint density at radius 3 is 2.06 bits per heavy atom. The predicted octanol–water partition coefficient (Wildman–Crippen LogP) is 6.37. The standard InChI is InChI=1S/C29H33NO/c1-21-13-15-22(16-14-21)26-19-25-17-18-28(30(25)2)27(26)20-31-29(23-9-5-3-6-10-23)24-11-7-4-8-12-24/h3-16,25-29H,17-20H2,1-2H3/t25?,26?,27-,28?/m1/s1. The van der Waals surface area contributed by atoms with Crippen molar-refractivity contribution in [2.75, 3.05) is 13.7 Å². The lowest BCUT2D eigenvalue weighted by molar-refractivity contribution is -0.00336. The number of hydrogen-bond acceptors (Lipinski definition) is 2. The molecule has 2 bridgehead atoms. The molecule has 2 fully saturated rings. The summed E-state index contributed by atoms with van der Waals surface area (Å²) in [7, 11) is 2.33. The molecule has 0 amide bonds. The first kappa shape index (κ1) is 20.5. The molecule has 2 nitrogen and oxygen atoms in total. The monoisotopic (exact) mass is 411 g/mol. The van der Waals surface area contributed by atoms with Crippen molar-refractivity contribution < 1.29 is 4.74 Å². The van der Waals surface area contributed by atoms with Gasteiger partial charge < -0.3 is 9.64 Å². The molecule has 0 radical (unpaired) electrons. The van der Waals surface area contributed by atoms with E-state index in [0.29, 0.717) is 23.9 Å². The maximum Gasteiger partial charge on any atom is 0.108 e. The summed E-state index contributed by atoms with van der Waals surface area (Å²) in [6, 6.07) is 31.9. The lowest BCUT2D eigenvalue weighted by Gasteiger charge is -2.43. The summed E-state index contributed by atoms with van der Waals surface area (Å²) in [4.78, 5) is 2.64. The number of piperidine rings is 1. The second-order valence-electron chi connectivity index (χ2n) is 9.42. The fourth-order valence-electron chi connectivity index (χ4n) is 5.85. The summed E-state index contributed by atoms with van der Waals surface area (Å²) >= 11 is 0. The van der Waals surface area contributed by atoms with Gasteiger partial charge in [0.15, 0.2) is 0 Å². The van der Waals surface area contributed by atoms with Gasteiger partial charge in [0.1, 0.15) is 6.10 Å². The van der Waals surface area contributed by atoms with Gasteiger partial charge in [-0.1, -0.05) is 90.5 Å². The van der Waals surface area contributed by atoms with Gasteiger partial charge in [-0.2, -0.15) is 0 Å². The van der Waals surface area contributed by atoms with Gasteiger partial charge in [-0.3, -0.25) is 0 Å². The van der Waals surface area contributed by atoms with Crippen LogP contribution in [-0.4, -0.2) is 30.6 Å². The first-order chi connectivity index (χ1) is 15.2. The first-order valence-corrected chi connectivity index (χ1v) is 11.7. The van der Waals surface area contributed by atoms with E-state index in [1.165, 1.54) is 41.5 Å². The molecule has 5 rings (SSSR count). The molecule has 2 aliphatic heterocycles. The number of rotatable bonds is 6. The van der Waals surface area contributed by atoms with Gasteiger partial charge >= 0.3 is 0 Å². The summed E-state index contributed by atoms with van der Waals surface area (Å²) < 4.78 is 6.80. The Bertz CT molecular complexity index is 929. The minimum Gasteiger partial charge on any atom is -0.368 e. The topological polar surface area (TPSA) is 12.5 Å². The Hall–Kier alpha value is -2.42. The Balaban J connectivity index is 1.43. The molecular weight excluding hydrogens is 378 g/mol. The second kappa shape index (κ2) is 8.98. The van der Waals surface area contributed by atoms with Crippen LogP contribution < -0.4 is 0 Å². The minimum atomic E-state index is -0.0227. The summed E-state index contributed by atoms with van der Waals surface area (Å²) in [6.07, 6.45) is 3.83. The largest absolute Gasteiger partial charge is 0.368 e. The molecule has 3 aromatic carbocycles. The van der Waals surface area contributed by atoms with E-state index >= 15 is 0 Å². The minimum absolute atomic E-state index is 0.0227. The smallest absolute Gasteiger partial charge is 0.108 e. The van der Waals surface area contributed by atoms with E-state index in [1.807, 2.05) is 0 Å². The molecule has 31 heavy (non-hydrogen) atoms. The van der Waals surface area contributed by atoms with Crippen molar-refractivity contribution in [1.82, 2.24) is 4.90 Å². The van der Waals surface area contributed by atoms with E-state index in [9.17, 15) is 0 Å². The number of nitrogens with zero attached hydrogens (tertiary/aromatic N) is 1.